The maximum atomic E-state index is 12.7. The average Bonchev–Trinajstić information content (AvgIpc) is 3.32. The quantitative estimate of drug-likeness (QED) is 0.590. The highest BCUT2D eigenvalue weighted by molar-refractivity contribution is 5.91. The molecule has 0 saturated heterocycles. The molecule has 1 atom stereocenters. The Bertz CT molecular complexity index is 1160. The van der Waals surface area contributed by atoms with Gasteiger partial charge in [0.25, 0.3) is 5.89 Å². The number of aryl methyl sites for hydroxylation is 1. The molecule has 3 aromatic heterocycles. The lowest BCUT2D eigenvalue weighted by molar-refractivity contribution is 0.0924. The van der Waals surface area contributed by atoms with Gasteiger partial charge in [0.15, 0.2) is 5.65 Å². The fourth-order valence-corrected chi connectivity index (χ4v) is 4.10. The Labute approximate surface area is 175 Å². The van der Waals surface area contributed by atoms with Crippen LogP contribution in [0.3, 0.4) is 0 Å². The summed E-state index contributed by atoms with van der Waals surface area (Å²) in [5, 5.41) is 0. The molecule has 30 heavy (non-hydrogen) atoms. The normalized spacial score (nSPS) is 17.3. The molecule has 0 bridgehead atoms. The Kier molecular flexibility index (Phi) is 5.22. The first kappa shape index (κ1) is 20.3. The molecule has 0 fully saturated rings. The summed E-state index contributed by atoms with van der Waals surface area (Å²) in [7, 11) is 1.78. The smallest absolute Gasteiger partial charge is 0.330 e. The number of ketones is 1. The highest BCUT2D eigenvalue weighted by Crippen LogP contribution is 2.32. The fourth-order valence-electron chi connectivity index (χ4n) is 4.10. The molecule has 0 aromatic carbocycles. The molecular formula is C23H28N4O3. The van der Waals surface area contributed by atoms with Crippen LogP contribution in [0.5, 0.6) is 0 Å². The summed E-state index contributed by atoms with van der Waals surface area (Å²) < 4.78 is 8.55. The van der Waals surface area contributed by atoms with Crippen molar-refractivity contribution in [3.8, 4) is 0 Å². The number of allylic oxidation sites excluding steroid dienone is 2. The van der Waals surface area contributed by atoms with Crippen LogP contribution in [0.25, 0.3) is 16.7 Å². The number of carbonyl (C=O) groups is 1. The van der Waals surface area contributed by atoms with Crippen molar-refractivity contribution in [2.24, 2.45) is 18.4 Å². The summed E-state index contributed by atoms with van der Waals surface area (Å²) in [4.78, 5) is 33.7. The lowest BCUT2D eigenvalue weighted by Crippen LogP contribution is -2.27. The molecule has 4 rings (SSSR count). The molecule has 1 unspecified atom stereocenters. The van der Waals surface area contributed by atoms with Crippen LogP contribution in [0.1, 0.15) is 62.8 Å². The zero-order valence-electron chi connectivity index (χ0n) is 18.0. The van der Waals surface area contributed by atoms with Gasteiger partial charge in [-0.25, -0.2) is 14.8 Å². The predicted octanol–water partition coefficient (Wildman–Crippen LogP) is 4.23. The monoisotopic (exact) mass is 408 g/mol. The van der Waals surface area contributed by atoms with Gasteiger partial charge in [0.2, 0.25) is 5.78 Å². The van der Waals surface area contributed by atoms with Crippen molar-refractivity contribution in [3.05, 3.63) is 52.7 Å². The molecular weight excluding hydrogens is 380 g/mol. The number of hydrogen-bond acceptors (Lipinski definition) is 5. The van der Waals surface area contributed by atoms with E-state index in [9.17, 15) is 9.59 Å². The van der Waals surface area contributed by atoms with E-state index >= 15 is 0 Å². The van der Waals surface area contributed by atoms with Crippen molar-refractivity contribution in [1.29, 1.82) is 0 Å². The van der Waals surface area contributed by atoms with Crippen molar-refractivity contribution in [2.45, 2.75) is 53.0 Å². The lowest BCUT2D eigenvalue weighted by atomic mass is 9.85. The minimum atomic E-state index is -0.0448. The number of pyridine rings is 1. The maximum Gasteiger partial charge on any atom is 0.330 e. The van der Waals surface area contributed by atoms with Gasteiger partial charge in [-0.15, -0.1) is 0 Å². The minimum Gasteiger partial charge on any atom is -0.442 e. The van der Waals surface area contributed by atoms with Crippen molar-refractivity contribution in [3.63, 3.8) is 0 Å². The van der Waals surface area contributed by atoms with Crippen LogP contribution in [-0.4, -0.2) is 24.9 Å². The number of imidazole rings is 1. The largest absolute Gasteiger partial charge is 0.442 e. The Morgan fingerprint density at radius 2 is 2.10 bits per heavy atom. The summed E-state index contributed by atoms with van der Waals surface area (Å²) in [6, 6.07) is 4.01. The van der Waals surface area contributed by atoms with Gasteiger partial charge in [0.1, 0.15) is 6.26 Å². The number of fused-ring (bicyclic) bond motifs is 1. The number of carbonyl (C=O) groups excluding carboxylic acids is 1. The first-order chi connectivity index (χ1) is 14.2. The summed E-state index contributed by atoms with van der Waals surface area (Å²) in [5.41, 5.74) is 3.62. The van der Waals surface area contributed by atoms with Crippen LogP contribution in [0, 0.1) is 11.3 Å². The highest BCUT2D eigenvalue weighted by Gasteiger charge is 2.23. The van der Waals surface area contributed by atoms with Gasteiger partial charge in [-0.2, -0.15) is 0 Å². The van der Waals surface area contributed by atoms with E-state index in [0.717, 1.165) is 30.5 Å². The number of oxazole rings is 1. The van der Waals surface area contributed by atoms with Crippen LogP contribution in [-0.2, 0) is 13.6 Å². The van der Waals surface area contributed by atoms with Crippen LogP contribution in [0.15, 0.2) is 39.9 Å². The van der Waals surface area contributed by atoms with Crippen LogP contribution >= 0.6 is 0 Å². The molecule has 7 nitrogen and oxygen atoms in total. The molecule has 0 spiro atoms. The number of rotatable bonds is 5. The zero-order chi connectivity index (χ0) is 21.5. The minimum absolute atomic E-state index is 0.000289. The Balaban J connectivity index is 1.54. The Morgan fingerprint density at radius 3 is 2.73 bits per heavy atom. The molecule has 1 aliphatic rings. The molecule has 3 heterocycles. The van der Waals surface area contributed by atoms with Gasteiger partial charge in [-0.3, -0.25) is 13.9 Å². The zero-order valence-corrected chi connectivity index (χ0v) is 18.0. The van der Waals surface area contributed by atoms with Crippen LogP contribution in [0.2, 0.25) is 0 Å². The number of hydrogen-bond donors (Lipinski definition) is 0. The molecule has 0 radical (unpaired) electrons. The van der Waals surface area contributed by atoms with E-state index in [1.165, 1.54) is 18.0 Å². The second kappa shape index (κ2) is 7.70. The predicted molar refractivity (Wildman–Crippen MR) is 115 cm³/mol. The van der Waals surface area contributed by atoms with Crippen molar-refractivity contribution in [2.75, 3.05) is 0 Å². The molecule has 158 valence electrons. The van der Waals surface area contributed by atoms with Gasteiger partial charge in [0.05, 0.1) is 17.4 Å². The first-order valence-electron chi connectivity index (χ1n) is 10.4. The molecule has 0 saturated carbocycles. The summed E-state index contributed by atoms with van der Waals surface area (Å²) in [5.74, 6) is 0.434. The van der Waals surface area contributed by atoms with Gasteiger partial charge in [-0.1, -0.05) is 26.8 Å². The summed E-state index contributed by atoms with van der Waals surface area (Å²) in [6.07, 6.45) is 8.15. The van der Waals surface area contributed by atoms with Gasteiger partial charge >= 0.3 is 5.69 Å². The van der Waals surface area contributed by atoms with Gasteiger partial charge < -0.3 is 4.42 Å². The standard InChI is InChI=1S/C23H28N4O3/c1-23(2,3)14-27-18-10-9-17(25-20(18)26(4)22(27)29)16-7-5-15(6-8-16)13-19(28)21-24-11-12-30-21/h7,9-12,15H,5-6,8,13-14H2,1-4H3. The summed E-state index contributed by atoms with van der Waals surface area (Å²) >= 11 is 0. The average molecular weight is 409 g/mol. The van der Waals surface area contributed by atoms with E-state index in [2.05, 4.69) is 31.8 Å². The van der Waals surface area contributed by atoms with Crippen molar-refractivity contribution < 1.29 is 9.21 Å². The maximum absolute atomic E-state index is 12.7. The SMILES string of the molecule is Cn1c(=O)n(CC(C)(C)C)c2ccc(C3=CCC(CC(=O)c4ncco4)CC3)nc21. The third-order valence-corrected chi connectivity index (χ3v) is 5.61. The van der Waals surface area contributed by atoms with E-state index in [1.54, 1.807) is 11.6 Å². The highest BCUT2D eigenvalue weighted by atomic mass is 16.3. The van der Waals surface area contributed by atoms with Crippen LogP contribution in [0.4, 0.5) is 0 Å². The first-order valence-corrected chi connectivity index (χ1v) is 10.4. The third kappa shape index (κ3) is 4.01. The Morgan fingerprint density at radius 1 is 1.30 bits per heavy atom. The van der Waals surface area contributed by atoms with E-state index < -0.39 is 0 Å². The fraction of sp³-hybridized carbons (Fsp3) is 0.478. The molecule has 0 amide bonds. The molecule has 3 aromatic rings. The second-order valence-corrected chi connectivity index (χ2v) is 9.36. The van der Waals surface area contributed by atoms with Gasteiger partial charge in [-0.05, 0) is 48.3 Å². The molecule has 7 heteroatoms. The molecule has 0 aliphatic heterocycles. The van der Waals surface area contributed by atoms with Gasteiger partial charge in [0, 0.05) is 20.0 Å². The molecule has 1 aliphatic carbocycles. The van der Waals surface area contributed by atoms with E-state index in [1.807, 2.05) is 16.7 Å². The Hall–Kier alpha value is -2.96. The lowest BCUT2D eigenvalue weighted by Gasteiger charge is -2.21. The van der Waals surface area contributed by atoms with Crippen molar-refractivity contribution >= 4 is 22.5 Å². The van der Waals surface area contributed by atoms with Crippen LogP contribution < -0.4 is 5.69 Å². The summed E-state index contributed by atoms with van der Waals surface area (Å²) in [6.45, 7) is 7.01. The number of Topliss-reactive ketones (excluding diaryl/α,β-unsaturated/α-hetero) is 1. The topological polar surface area (TPSA) is 82.9 Å². The third-order valence-electron chi connectivity index (χ3n) is 5.61. The number of nitrogens with zero attached hydrogens (tertiary/aromatic N) is 4. The number of aromatic nitrogens is 4. The van der Waals surface area contributed by atoms with E-state index in [0.29, 0.717) is 18.6 Å². The molecule has 0 N–H and O–H groups in total. The van der Waals surface area contributed by atoms with Crippen molar-refractivity contribution in [1.82, 2.24) is 19.1 Å². The second-order valence-electron chi connectivity index (χ2n) is 9.36. The van der Waals surface area contributed by atoms with E-state index in [-0.39, 0.29) is 28.7 Å². The van der Waals surface area contributed by atoms with E-state index in [4.69, 9.17) is 9.40 Å².